The number of rotatable bonds is 3. The van der Waals surface area contributed by atoms with Crippen molar-refractivity contribution in [3.8, 4) is 0 Å². The largest absolute Gasteiger partial charge is 0.393 e. The van der Waals surface area contributed by atoms with Crippen LogP contribution in [-0.2, 0) is 0 Å². The lowest BCUT2D eigenvalue weighted by Gasteiger charge is -2.26. The van der Waals surface area contributed by atoms with Crippen molar-refractivity contribution in [2.24, 2.45) is 0 Å². The molecule has 0 spiro atoms. The van der Waals surface area contributed by atoms with E-state index in [1.54, 1.807) is 12.3 Å². The minimum Gasteiger partial charge on any atom is -0.393 e. The van der Waals surface area contributed by atoms with E-state index in [1.807, 2.05) is 0 Å². The predicted molar refractivity (Wildman–Crippen MR) is 69.7 cm³/mol. The molecule has 0 aromatic carbocycles. The van der Waals surface area contributed by atoms with Crippen molar-refractivity contribution in [2.75, 3.05) is 0 Å². The van der Waals surface area contributed by atoms with Crippen LogP contribution in [0.2, 0.25) is 0 Å². The van der Waals surface area contributed by atoms with Gasteiger partial charge in [0.2, 0.25) is 0 Å². The lowest BCUT2D eigenvalue weighted by atomic mass is 9.93. The molecule has 2 saturated carbocycles. The fourth-order valence-electron chi connectivity index (χ4n) is 2.52. The molecule has 2 fully saturated rings. The number of carbonyl (C=O) groups excluding carboxylic acids is 1. The summed E-state index contributed by atoms with van der Waals surface area (Å²) in [6.07, 6.45) is 6.94. The molecule has 2 aliphatic carbocycles. The molecule has 2 aliphatic rings. The maximum absolute atomic E-state index is 12.1. The average molecular weight is 261 g/mol. The van der Waals surface area contributed by atoms with Crippen LogP contribution in [0.1, 0.15) is 60.8 Å². The van der Waals surface area contributed by atoms with E-state index in [0.29, 0.717) is 11.6 Å². The molecule has 0 saturated heterocycles. The molecule has 1 aromatic rings. The molecule has 0 bridgehead atoms. The zero-order chi connectivity index (χ0) is 13.2. The van der Waals surface area contributed by atoms with Gasteiger partial charge in [-0.1, -0.05) is 0 Å². The normalized spacial score (nSPS) is 27.0. The van der Waals surface area contributed by atoms with Crippen molar-refractivity contribution in [2.45, 2.75) is 56.6 Å². The van der Waals surface area contributed by atoms with Crippen LogP contribution in [0.3, 0.4) is 0 Å². The van der Waals surface area contributed by atoms with E-state index in [1.165, 1.54) is 0 Å². The Kier molecular flexibility index (Phi) is 3.46. The number of amides is 1. The predicted octanol–water partition coefficient (Wildman–Crippen LogP) is 1.39. The van der Waals surface area contributed by atoms with Gasteiger partial charge in [0, 0.05) is 18.2 Å². The summed E-state index contributed by atoms with van der Waals surface area (Å²) < 4.78 is 0. The number of nitrogens with one attached hydrogen (secondary N) is 1. The van der Waals surface area contributed by atoms with Gasteiger partial charge in [0.1, 0.15) is 11.5 Å². The second-order valence-corrected chi connectivity index (χ2v) is 5.55. The number of aromatic nitrogens is 2. The number of hydrogen-bond donors (Lipinski definition) is 2. The van der Waals surface area contributed by atoms with Crippen LogP contribution in [0.5, 0.6) is 0 Å². The quantitative estimate of drug-likeness (QED) is 0.862. The number of aliphatic hydroxyl groups excluding tert-OH is 1. The van der Waals surface area contributed by atoms with Crippen LogP contribution in [0.25, 0.3) is 0 Å². The molecule has 102 valence electrons. The van der Waals surface area contributed by atoms with Gasteiger partial charge in [-0.05, 0) is 44.6 Å². The summed E-state index contributed by atoms with van der Waals surface area (Å²) in [6.45, 7) is 0. The number of hydrogen-bond acceptors (Lipinski definition) is 4. The van der Waals surface area contributed by atoms with Crippen LogP contribution in [0.15, 0.2) is 12.3 Å². The van der Waals surface area contributed by atoms with Crippen LogP contribution >= 0.6 is 0 Å². The summed E-state index contributed by atoms with van der Waals surface area (Å²) >= 11 is 0. The summed E-state index contributed by atoms with van der Waals surface area (Å²) in [4.78, 5) is 20.7. The molecule has 3 rings (SSSR count). The number of nitrogens with zero attached hydrogens (tertiary/aromatic N) is 2. The van der Waals surface area contributed by atoms with Crippen molar-refractivity contribution in [3.63, 3.8) is 0 Å². The summed E-state index contributed by atoms with van der Waals surface area (Å²) in [6, 6.07) is 1.83. The molecule has 0 atom stereocenters. The molecular weight excluding hydrogens is 242 g/mol. The maximum atomic E-state index is 12.1. The first-order valence-electron chi connectivity index (χ1n) is 7.04. The highest BCUT2D eigenvalue weighted by molar-refractivity contribution is 5.92. The summed E-state index contributed by atoms with van der Waals surface area (Å²) in [5, 5.41) is 12.5. The van der Waals surface area contributed by atoms with Gasteiger partial charge in [0.15, 0.2) is 0 Å². The van der Waals surface area contributed by atoms with Crippen molar-refractivity contribution in [1.29, 1.82) is 0 Å². The average Bonchev–Trinajstić information content (AvgIpc) is 3.26. The minimum absolute atomic E-state index is 0.120. The van der Waals surface area contributed by atoms with Gasteiger partial charge in [-0.2, -0.15) is 0 Å². The maximum Gasteiger partial charge on any atom is 0.270 e. The van der Waals surface area contributed by atoms with E-state index in [0.717, 1.165) is 44.3 Å². The number of carbonyl (C=O) groups is 1. The summed E-state index contributed by atoms with van der Waals surface area (Å²) in [5.74, 6) is 1.13. The topological polar surface area (TPSA) is 75.1 Å². The van der Waals surface area contributed by atoms with Crippen LogP contribution in [0, 0.1) is 0 Å². The summed E-state index contributed by atoms with van der Waals surface area (Å²) in [7, 11) is 0. The first-order chi connectivity index (χ1) is 9.22. The third-order valence-corrected chi connectivity index (χ3v) is 3.88. The molecule has 0 unspecified atom stereocenters. The molecular formula is C14H19N3O2. The Balaban J connectivity index is 1.61. The van der Waals surface area contributed by atoms with E-state index in [-0.39, 0.29) is 18.1 Å². The van der Waals surface area contributed by atoms with E-state index in [4.69, 9.17) is 0 Å². The van der Waals surface area contributed by atoms with Crippen molar-refractivity contribution in [3.05, 3.63) is 23.8 Å². The molecule has 1 aromatic heterocycles. The first kappa shape index (κ1) is 12.5. The Bertz CT molecular complexity index is 466. The van der Waals surface area contributed by atoms with E-state index >= 15 is 0 Å². The third kappa shape index (κ3) is 3.10. The highest BCUT2D eigenvalue weighted by Crippen LogP contribution is 2.37. The highest BCUT2D eigenvalue weighted by Gasteiger charge is 2.27. The zero-order valence-corrected chi connectivity index (χ0v) is 10.9. The summed E-state index contributed by atoms with van der Waals surface area (Å²) in [5.41, 5.74) is 0.461. The third-order valence-electron chi connectivity index (χ3n) is 3.88. The molecule has 1 heterocycles. The van der Waals surface area contributed by atoms with Gasteiger partial charge in [-0.15, -0.1) is 0 Å². The minimum atomic E-state index is -0.200. The molecule has 0 aliphatic heterocycles. The van der Waals surface area contributed by atoms with E-state index < -0.39 is 0 Å². The zero-order valence-electron chi connectivity index (χ0n) is 10.9. The van der Waals surface area contributed by atoms with Gasteiger partial charge in [0.25, 0.3) is 5.91 Å². The van der Waals surface area contributed by atoms with Gasteiger partial charge >= 0.3 is 0 Å². The van der Waals surface area contributed by atoms with Crippen molar-refractivity contribution < 1.29 is 9.90 Å². The van der Waals surface area contributed by atoms with Gasteiger partial charge in [0.05, 0.1) is 6.10 Å². The smallest absolute Gasteiger partial charge is 0.270 e. The van der Waals surface area contributed by atoms with Gasteiger partial charge < -0.3 is 10.4 Å². The van der Waals surface area contributed by atoms with Crippen LogP contribution in [-0.4, -0.2) is 33.1 Å². The van der Waals surface area contributed by atoms with E-state index in [9.17, 15) is 9.90 Å². The molecule has 19 heavy (non-hydrogen) atoms. The van der Waals surface area contributed by atoms with Crippen LogP contribution < -0.4 is 5.32 Å². The standard InChI is InChI=1S/C14H19N3O2/c18-11-5-3-10(4-6-11)16-14(19)12-7-8-15-13(17-12)9-1-2-9/h7-11,18H,1-6H2,(H,16,19). The number of aliphatic hydroxyl groups is 1. The molecule has 5 heteroatoms. The van der Waals surface area contributed by atoms with E-state index in [2.05, 4.69) is 15.3 Å². The fourth-order valence-corrected chi connectivity index (χ4v) is 2.52. The Hall–Kier alpha value is -1.49. The van der Waals surface area contributed by atoms with Gasteiger partial charge in [-0.3, -0.25) is 4.79 Å². The Morgan fingerprint density at radius 2 is 1.95 bits per heavy atom. The van der Waals surface area contributed by atoms with Gasteiger partial charge in [-0.25, -0.2) is 9.97 Å². The lowest BCUT2D eigenvalue weighted by molar-refractivity contribution is 0.0863. The molecule has 0 radical (unpaired) electrons. The Morgan fingerprint density at radius 1 is 1.21 bits per heavy atom. The monoisotopic (exact) mass is 261 g/mol. The Morgan fingerprint density at radius 3 is 2.63 bits per heavy atom. The van der Waals surface area contributed by atoms with Crippen LogP contribution in [0.4, 0.5) is 0 Å². The SMILES string of the molecule is O=C(NC1CCC(O)CC1)c1ccnc(C2CC2)n1. The second kappa shape index (κ2) is 5.25. The van der Waals surface area contributed by atoms with Crippen molar-refractivity contribution >= 4 is 5.91 Å². The second-order valence-electron chi connectivity index (χ2n) is 5.55. The van der Waals surface area contributed by atoms with Crippen molar-refractivity contribution in [1.82, 2.24) is 15.3 Å². The Labute approximate surface area is 112 Å². The highest BCUT2D eigenvalue weighted by atomic mass is 16.3. The lowest BCUT2D eigenvalue weighted by Crippen LogP contribution is -2.39. The molecule has 1 amide bonds. The fraction of sp³-hybridized carbons (Fsp3) is 0.643. The molecule has 2 N–H and O–H groups in total. The molecule has 5 nitrogen and oxygen atoms in total. The first-order valence-corrected chi connectivity index (χ1v) is 7.04.